The predicted molar refractivity (Wildman–Crippen MR) is 64.0 cm³/mol. The lowest BCUT2D eigenvalue weighted by atomic mass is 10.1. The molecule has 6 nitrogen and oxygen atoms in total. The van der Waals surface area contributed by atoms with Crippen molar-refractivity contribution in [1.82, 2.24) is 0 Å². The van der Waals surface area contributed by atoms with E-state index in [1.807, 2.05) is 0 Å². The molecule has 18 heavy (non-hydrogen) atoms. The van der Waals surface area contributed by atoms with Crippen LogP contribution in [0.25, 0.3) is 0 Å². The van der Waals surface area contributed by atoms with Gasteiger partial charge in [-0.05, 0) is 6.92 Å². The van der Waals surface area contributed by atoms with E-state index >= 15 is 0 Å². The number of rotatable bonds is 9. The highest BCUT2D eigenvalue weighted by atomic mass is 16.6. The van der Waals surface area contributed by atoms with E-state index in [1.165, 1.54) is 14.2 Å². The van der Waals surface area contributed by atoms with Crippen molar-refractivity contribution in [2.75, 3.05) is 34.0 Å². The summed E-state index contributed by atoms with van der Waals surface area (Å²) < 4.78 is 19.8. The molecule has 0 saturated heterocycles. The molecule has 0 aliphatic carbocycles. The van der Waals surface area contributed by atoms with E-state index < -0.39 is 17.5 Å². The van der Waals surface area contributed by atoms with Gasteiger partial charge in [0, 0.05) is 20.3 Å². The second-order valence-electron chi connectivity index (χ2n) is 3.91. The fraction of sp³-hybridized carbons (Fsp3) is 0.667. The maximum absolute atomic E-state index is 11.5. The molecule has 0 N–H and O–H groups in total. The van der Waals surface area contributed by atoms with Gasteiger partial charge < -0.3 is 18.9 Å². The first kappa shape index (κ1) is 16.6. The molecule has 0 bridgehead atoms. The second-order valence-corrected chi connectivity index (χ2v) is 3.91. The van der Waals surface area contributed by atoms with Crippen LogP contribution in [-0.4, -0.2) is 51.6 Å². The summed E-state index contributed by atoms with van der Waals surface area (Å²) >= 11 is 0. The average Bonchev–Trinajstić information content (AvgIpc) is 2.28. The molecule has 0 radical (unpaired) electrons. The normalized spacial score (nSPS) is 10.8. The van der Waals surface area contributed by atoms with Crippen molar-refractivity contribution >= 4 is 11.9 Å². The Morgan fingerprint density at radius 2 is 1.78 bits per heavy atom. The van der Waals surface area contributed by atoms with Crippen molar-refractivity contribution in [2.24, 2.45) is 0 Å². The quantitative estimate of drug-likeness (QED) is 0.449. The molecule has 0 heterocycles. The van der Waals surface area contributed by atoms with E-state index in [-0.39, 0.29) is 26.2 Å². The third-order valence-corrected chi connectivity index (χ3v) is 1.98. The first-order valence-corrected chi connectivity index (χ1v) is 5.46. The van der Waals surface area contributed by atoms with Crippen molar-refractivity contribution in [3.63, 3.8) is 0 Å². The van der Waals surface area contributed by atoms with E-state index in [1.54, 1.807) is 6.92 Å². The van der Waals surface area contributed by atoms with Crippen molar-refractivity contribution in [3.05, 3.63) is 12.7 Å². The summed E-state index contributed by atoms with van der Waals surface area (Å²) in [6.07, 6.45) is 1.01. The van der Waals surface area contributed by atoms with Gasteiger partial charge in [-0.1, -0.05) is 6.58 Å². The molecular weight excluding hydrogens is 240 g/mol. The number of hydrogen-bond acceptors (Lipinski definition) is 6. The first-order valence-electron chi connectivity index (χ1n) is 5.46. The van der Waals surface area contributed by atoms with E-state index in [4.69, 9.17) is 14.2 Å². The highest BCUT2D eigenvalue weighted by Crippen LogP contribution is 2.12. The zero-order chi connectivity index (χ0) is 14.0. The number of ether oxygens (including phenoxy) is 4. The summed E-state index contributed by atoms with van der Waals surface area (Å²) in [5.41, 5.74) is -0.844. The second kappa shape index (κ2) is 8.66. The third-order valence-electron chi connectivity index (χ3n) is 1.98. The Bertz CT molecular complexity index is 280. The molecule has 0 unspecified atom stereocenters. The standard InChI is InChI=1S/C12H20O6/c1-5-10(13)17-7-6-11(14)18-12(2,8-15-3)9-16-4/h5H,1,6-9H2,2-4H3. The molecule has 0 fully saturated rings. The number of methoxy groups -OCH3 is 2. The van der Waals surface area contributed by atoms with Crippen LogP contribution in [0.3, 0.4) is 0 Å². The Morgan fingerprint density at radius 3 is 2.22 bits per heavy atom. The third kappa shape index (κ3) is 7.03. The summed E-state index contributed by atoms with van der Waals surface area (Å²) in [4.78, 5) is 22.3. The van der Waals surface area contributed by atoms with Crippen molar-refractivity contribution in [3.8, 4) is 0 Å². The van der Waals surface area contributed by atoms with Gasteiger partial charge in [-0.25, -0.2) is 4.79 Å². The number of carbonyl (C=O) groups excluding carboxylic acids is 2. The topological polar surface area (TPSA) is 71.1 Å². The summed E-state index contributed by atoms with van der Waals surface area (Å²) in [5.74, 6) is -1.05. The Labute approximate surface area is 107 Å². The van der Waals surface area contributed by atoms with Gasteiger partial charge in [-0.15, -0.1) is 0 Å². The summed E-state index contributed by atoms with van der Waals surface area (Å²) in [7, 11) is 3.02. The minimum absolute atomic E-state index is 0.0252. The fourth-order valence-electron chi connectivity index (χ4n) is 1.33. The zero-order valence-corrected chi connectivity index (χ0v) is 11.1. The Morgan fingerprint density at radius 1 is 1.22 bits per heavy atom. The highest BCUT2D eigenvalue weighted by molar-refractivity contribution is 5.81. The fourth-order valence-corrected chi connectivity index (χ4v) is 1.33. The van der Waals surface area contributed by atoms with Crippen LogP contribution < -0.4 is 0 Å². The smallest absolute Gasteiger partial charge is 0.330 e. The summed E-state index contributed by atoms with van der Waals surface area (Å²) in [5, 5.41) is 0. The first-order chi connectivity index (χ1) is 8.47. The maximum Gasteiger partial charge on any atom is 0.330 e. The lowest BCUT2D eigenvalue weighted by Gasteiger charge is -2.27. The molecule has 104 valence electrons. The van der Waals surface area contributed by atoms with Gasteiger partial charge in [0.2, 0.25) is 0 Å². The minimum Gasteiger partial charge on any atom is -0.462 e. The minimum atomic E-state index is -0.844. The molecule has 6 heteroatoms. The molecule has 0 rings (SSSR count). The van der Waals surface area contributed by atoms with Crippen LogP contribution >= 0.6 is 0 Å². The van der Waals surface area contributed by atoms with Gasteiger partial charge in [0.15, 0.2) is 5.60 Å². The van der Waals surface area contributed by atoms with Crippen molar-refractivity contribution < 1.29 is 28.5 Å². The lowest BCUT2D eigenvalue weighted by molar-refractivity contribution is -0.171. The lowest BCUT2D eigenvalue weighted by Crippen LogP contribution is -2.41. The SMILES string of the molecule is C=CC(=O)OCCC(=O)OC(C)(COC)COC. The molecule has 0 aromatic carbocycles. The van der Waals surface area contributed by atoms with Crippen molar-refractivity contribution in [2.45, 2.75) is 18.9 Å². The molecule has 0 aliphatic heterocycles. The van der Waals surface area contributed by atoms with E-state index in [9.17, 15) is 9.59 Å². The van der Waals surface area contributed by atoms with E-state index in [2.05, 4.69) is 11.3 Å². The summed E-state index contributed by atoms with van der Waals surface area (Å²) in [6.45, 7) is 5.35. The Hall–Kier alpha value is -1.40. The maximum atomic E-state index is 11.5. The Kier molecular flexibility index (Phi) is 7.98. The molecule has 0 amide bonds. The molecular formula is C12H20O6. The van der Waals surface area contributed by atoms with Crippen LogP contribution in [0.1, 0.15) is 13.3 Å². The van der Waals surface area contributed by atoms with Crippen LogP contribution in [0.5, 0.6) is 0 Å². The Balaban J connectivity index is 4.09. The zero-order valence-electron chi connectivity index (χ0n) is 11.1. The van der Waals surface area contributed by atoms with Gasteiger partial charge in [-0.3, -0.25) is 4.79 Å². The van der Waals surface area contributed by atoms with Crippen LogP contribution in [-0.2, 0) is 28.5 Å². The number of carbonyl (C=O) groups is 2. The molecule has 0 saturated carbocycles. The number of hydrogen-bond donors (Lipinski definition) is 0. The monoisotopic (exact) mass is 260 g/mol. The van der Waals surface area contributed by atoms with Gasteiger partial charge in [0.25, 0.3) is 0 Å². The largest absolute Gasteiger partial charge is 0.462 e. The van der Waals surface area contributed by atoms with Gasteiger partial charge in [0.05, 0.1) is 19.6 Å². The van der Waals surface area contributed by atoms with Crippen LogP contribution in [0.2, 0.25) is 0 Å². The highest BCUT2D eigenvalue weighted by Gasteiger charge is 2.29. The van der Waals surface area contributed by atoms with Gasteiger partial charge in [0.1, 0.15) is 6.61 Å². The molecule has 0 atom stereocenters. The van der Waals surface area contributed by atoms with Crippen molar-refractivity contribution in [1.29, 1.82) is 0 Å². The van der Waals surface area contributed by atoms with E-state index in [0.29, 0.717) is 0 Å². The molecule has 0 aromatic heterocycles. The summed E-state index contributed by atoms with van der Waals surface area (Å²) in [6, 6.07) is 0. The molecule has 0 spiro atoms. The van der Waals surface area contributed by atoms with Crippen LogP contribution in [0.15, 0.2) is 12.7 Å². The number of esters is 2. The predicted octanol–water partition coefficient (Wildman–Crippen LogP) is 0.700. The van der Waals surface area contributed by atoms with E-state index in [0.717, 1.165) is 6.08 Å². The van der Waals surface area contributed by atoms with Gasteiger partial charge in [-0.2, -0.15) is 0 Å². The molecule has 0 aromatic rings. The van der Waals surface area contributed by atoms with Crippen LogP contribution in [0.4, 0.5) is 0 Å². The van der Waals surface area contributed by atoms with Crippen LogP contribution in [0, 0.1) is 0 Å². The average molecular weight is 260 g/mol. The molecule has 0 aliphatic rings. The van der Waals surface area contributed by atoms with Gasteiger partial charge >= 0.3 is 11.9 Å².